The molecule has 0 unspecified atom stereocenters. The first-order chi connectivity index (χ1) is 16.5. The number of likely N-dealkylation sites (tertiary alicyclic amines) is 1. The van der Waals surface area contributed by atoms with Gasteiger partial charge in [-0.15, -0.1) is 0 Å². The molecule has 34 heavy (non-hydrogen) atoms. The van der Waals surface area contributed by atoms with Gasteiger partial charge in [0, 0.05) is 35.3 Å². The Balaban J connectivity index is 1.45. The number of fused-ring (bicyclic) bond motifs is 4. The van der Waals surface area contributed by atoms with Gasteiger partial charge in [0.15, 0.2) is 17.6 Å². The molecule has 2 aliphatic carbocycles. The monoisotopic (exact) mass is 450 g/mol. The number of benzene rings is 3. The molecule has 2 bridgehead atoms. The van der Waals surface area contributed by atoms with E-state index in [0.717, 1.165) is 37.9 Å². The zero-order valence-electron chi connectivity index (χ0n) is 19.1. The van der Waals surface area contributed by atoms with Gasteiger partial charge in [0.2, 0.25) is 0 Å². The first-order valence-electron chi connectivity index (χ1n) is 12.5. The van der Waals surface area contributed by atoms with Crippen LogP contribution in [-0.4, -0.2) is 44.9 Å². The van der Waals surface area contributed by atoms with Crippen molar-refractivity contribution in [2.45, 2.75) is 55.4 Å². The molecule has 5 heteroatoms. The fourth-order valence-electron chi connectivity index (χ4n) is 8.73. The van der Waals surface area contributed by atoms with E-state index in [1.54, 1.807) is 6.07 Å². The molecule has 0 amide bonds. The lowest BCUT2D eigenvalue weighted by Gasteiger charge is -2.62. The van der Waals surface area contributed by atoms with Crippen molar-refractivity contribution in [2.75, 3.05) is 13.6 Å². The van der Waals surface area contributed by atoms with E-state index < -0.39 is 11.0 Å². The van der Waals surface area contributed by atoms with E-state index in [0.29, 0.717) is 12.2 Å². The zero-order valence-corrected chi connectivity index (χ0v) is 19.1. The minimum absolute atomic E-state index is 0.0306. The molecule has 5 nitrogen and oxygen atoms in total. The minimum Gasteiger partial charge on any atom is -0.504 e. The molecule has 3 aromatic carbocycles. The smallest absolute Gasteiger partial charge is 0.166 e. The van der Waals surface area contributed by atoms with Crippen LogP contribution in [0.1, 0.15) is 40.5 Å². The molecular formula is C29H26N2O3. The van der Waals surface area contributed by atoms with Crippen LogP contribution in [0.3, 0.4) is 0 Å². The van der Waals surface area contributed by atoms with Crippen molar-refractivity contribution in [3.63, 3.8) is 0 Å². The summed E-state index contributed by atoms with van der Waals surface area (Å²) in [5.41, 5.74) is 6.02. The van der Waals surface area contributed by atoms with Crippen molar-refractivity contribution in [1.82, 2.24) is 9.47 Å². The predicted octanol–water partition coefficient (Wildman–Crippen LogP) is 3.98. The Morgan fingerprint density at radius 2 is 1.97 bits per heavy atom. The van der Waals surface area contributed by atoms with E-state index in [1.165, 1.54) is 44.1 Å². The van der Waals surface area contributed by atoms with E-state index in [-0.39, 0.29) is 17.9 Å². The summed E-state index contributed by atoms with van der Waals surface area (Å²) < 4.78 is 9.30. The Labute approximate surface area is 197 Å². The molecule has 1 aromatic heterocycles. The average Bonchev–Trinajstić information content (AvgIpc) is 3.35. The molecule has 0 radical (unpaired) electrons. The number of likely N-dealkylation sites (N-methyl/N-ethyl adjacent to an activating group) is 1. The number of phenols is 1. The maximum absolute atomic E-state index is 12.8. The summed E-state index contributed by atoms with van der Waals surface area (Å²) in [5.74, 6) is 0.808. The Morgan fingerprint density at radius 1 is 1.06 bits per heavy atom. The maximum Gasteiger partial charge on any atom is 0.166 e. The Bertz CT molecular complexity index is 1620. The van der Waals surface area contributed by atoms with E-state index in [1.807, 2.05) is 0 Å². The number of hydrogen-bond donors (Lipinski definition) is 2. The number of aromatic nitrogens is 1. The minimum atomic E-state index is -0.939. The van der Waals surface area contributed by atoms with Gasteiger partial charge in [0.05, 0.1) is 22.2 Å². The fourth-order valence-corrected chi connectivity index (χ4v) is 8.73. The highest BCUT2D eigenvalue weighted by atomic mass is 16.5. The first-order valence-corrected chi connectivity index (χ1v) is 12.5. The molecule has 2 N–H and O–H groups in total. The highest BCUT2D eigenvalue weighted by molar-refractivity contribution is 6.10. The Kier molecular flexibility index (Phi) is 2.94. The fraction of sp³-hybridized carbons (Fsp3) is 0.379. The molecule has 0 saturated carbocycles. The molecule has 5 aliphatic rings. The van der Waals surface area contributed by atoms with Crippen LogP contribution >= 0.6 is 0 Å². The van der Waals surface area contributed by atoms with Crippen LogP contribution < -0.4 is 4.74 Å². The highest BCUT2D eigenvalue weighted by Gasteiger charge is 2.72. The zero-order chi connectivity index (χ0) is 22.6. The Hall–Kier alpha value is -3.02. The van der Waals surface area contributed by atoms with E-state index in [2.05, 4.69) is 52.9 Å². The summed E-state index contributed by atoms with van der Waals surface area (Å²) in [6.45, 7) is 1.85. The number of nitrogens with zero attached hydrogens (tertiary/aromatic N) is 2. The number of hydrogen-bond acceptors (Lipinski definition) is 4. The van der Waals surface area contributed by atoms with Gasteiger partial charge in [-0.2, -0.15) is 0 Å². The first kappa shape index (κ1) is 18.3. The predicted molar refractivity (Wildman–Crippen MR) is 130 cm³/mol. The van der Waals surface area contributed by atoms with E-state index in [4.69, 9.17) is 4.74 Å². The molecule has 9 rings (SSSR count). The van der Waals surface area contributed by atoms with Crippen molar-refractivity contribution >= 4 is 21.7 Å². The average molecular weight is 451 g/mol. The van der Waals surface area contributed by atoms with Gasteiger partial charge in [-0.1, -0.05) is 36.4 Å². The molecule has 3 aliphatic heterocycles. The number of aryl methyl sites for hydroxylation is 2. The highest BCUT2D eigenvalue weighted by Crippen LogP contribution is 2.69. The quantitative estimate of drug-likeness (QED) is 0.426. The normalized spacial score (nSPS) is 32.2. The van der Waals surface area contributed by atoms with Crippen molar-refractivity contribution in [1.29, 1.82) is 0 Å². The largest absolute Gasteiger partial charge is 0.504 e. The maximum atomic E-state index is 12.8. The second kappa shape index (κ2) is 5.45. The molecular weight excluding hydrogens is 424 g/mol. The summed E-state index contributed by atoms with van der Waals surface area (Å²) in [6, 6.07) is 15.0. The molecule has 4 atom stereocenters. The summed E-state index contributed by atoms with van der Waals surface area (Å²) in [7, 11) is 2.15. The van der Waals surface area contributed by atoms with Crippen LogP contribution in [0.4, 0.5) is 0 Å². The molecule has 4 aromatic rings. The lowest BCUT2D eigenvalue weighted by molar-refractivity contribution is -0.168. The number of aliphatic hydroxyl groups is 1. The number of piperidine rings is 1. The third-order valence-electron chi connectivity index (χ3n) is 10.1. The van der Waals surface area contributed by atoms with Crippen LogP contribution in [-0.2, 0) is 31.2 Å². The molecule has 1 spiro atoms. The van der Waals surface area contributed by atoms with E-state index >= 15 is 0 Å². The van der Waals surface area contributed by atoms with Gasteiger partial charge >= 0.3 is 0 Å². The van der Waals surface area contributed by atoms with Gasteiger partial charge in [0.1, 0.15) is 0 Å². The number of phenolic OH excluding ortho intramolecular Hbond substituents is 1. The van der Waals surface area contributed by atoms with Crippen molar-refractivity contribution in [3.05, 3.63) is 70.4 Å². The van der Waals surface area contributed by atoms with Gasteiger partial charge in [-0.25, -0.2) is 0 Å². The standard InChI is InChI=1S/C29H26N2O3/c1-30-12-10-28-23-17-6-8-20(32)26(23)34-27(28)25-19(14-29(28,33)21(30)13-17)18-7-5-15-3-2-4-16-9-11-31(25)24(18)22(15)16/h2-8,21,27,32-33H,9-14H2,1H3/t21-,27+,28+,29-/m1/s1. The van der Waals surface area contributed by atoms with Crippen molar-refractivity contribution < 1.29 is 14.9 Å². The molecule has 170 valence electrons. The third-order valence-corrected chi connectivity index (χ3v) is 10.1. The van der Waals surface area contributed by atoms with Crippen LogP contribution in [0, 0.1) is 0 Å². The second-order valence-corrected chi connectivity index (χ2v) is 11.2. The molecule has 1 fully saturated rings. The Morgan fingerprint density at radius 3 is 2.88 bits per heavy atom. The summed E-state index contributed by atoms with van der Waals surface area (Å²) >= 11 is 0. The van der Waals surface area contributed by atoms with E-state index in [9.17, 15) is 10.2 Å². The number of aromatic hydroxyl groups is 1. The summed E-state index contributed by atoms with van der Waals surface area (Å²) in [6.07, 6.45) is 2.96. The topological polar surface area (TPSA) is 57.9 Å². The van der Waals surface area contributed by atoms with Gasteiger partial charge < -0.3 is 24.4 Å². The van der Waals surface area contributed by atoms with Gasteiger partial charge in [-0.3, -0.25) is 0 Å². The molecule has 4 heterocycles. The number of ether oxygens (including phenoxy) is 1. The summed E-state index contributed by atoms with van der Waals surface area (Å²) in [5, 5.41) is 27.6. The number of rotatable bonds is 0. The lowest BCUT2D eigenvalue weighted by atomic mass is 9.49. The SMILES string of the molecule is CN1CC[C@]23c4c5ccc(O)c4O[C@H]2c2c(c4ccc6cccc7c6c4n2CC7)C[C@@]3(O)[C@H]1C5. The molecule has 1 saturated heterocycles. The van der Waals surface area contributed by atoms with Crippen LogP contribution in [0.5, 0.6) is 11.5 Å². The van der Waals surface area contributed by atoms with Crippen LogP contribution in [0.15, 0.2) is 42.5 Å². The van der Waals surface area contributed by atoms with Gasteiger partial charge in [0.25, 0.3) is 0 Å². The second-order valence-electron chi connectivity index (χ2n) is 11.2. The lowest BCUT2D eigenvalue weighted by Crippen LogP contribution is -2.74. The summed E-state index contributed by atoms with van der Waals surface area (Å²) in [4.78, 5) is 2.35. The van der Waals surface area contributed by atoms with Crippen LogP contribution in [0.25, 0.3) is 21.7 Å². The van der Waals surface area contributed by atoms with Crippen molar-refractivity contribution in [2.24, 2.45) is 0 Å². The van der Waals surface area contributed by atoms with Crippen molar-refractivity contribution in [3.8, 4) is 11.5 Å². The third kappa shape index (κ3) is 1.69. The van der Waals surface area contributed by atoms with Gasteiger partial charge in [-0.05, 0) is 61.0 Å². The van der Waals surface area contributed by atoms with Crippen LogP contribution in [0.2, 0.25) is 0 Å².